The monoisotopic (exact) mass is 283 g/mol. The van der Waals surface area contributed by atoms with E-state index < -0.39 is 0 Å². The summed E-state index contributed by atoms with van der Waals surface area (Å²) in [5.41, 5.74) is -0.237. The van der Waals surface area contributed by atoms with Gasteiger partial charge in [0.05, 0.1) is 5.54 Å². The van der Waals surface area contributed by atoms with E-state index in [0.717, 1.165) is 38.8 Å². The third-order valence-corrected chi connectivity index (χ3v) is 3.93. The first-order chi connectivity index (χ1) is 9.17. The Morgan fingerprint density at radius 1 is 1.25 bits per heavy atom. The van der Waals surface area contributed by atoms with E-state index in [1.54, 1.807) is 0 Å². The van der Waals surface area contributed by atoms with Crippen LogP contribution in [-0.4, -0.2) is 49.6 Å². The van der Waals surface area contributed by atoms with Gasteiger partial charge in [0.15, 0.2) is 0 Å². The summed E-state index contributed by atoms with van der Waals surface area (Å²) in [6, 6.07) is 0.341. The van der Waals surface area contributed by atoms with Crippen LogP contribution < -0.4 is 10.6 Å². The van der Waals surface area contributed by atoms with Gasteiger partial charge < -0.3 is 15.5 Å². The van der Waals surface area contributed by atoms with E-state index in [-0.39, 0.29) is 16.9 Å². The average molecular weight is 283 g/mol. The third-order valence-electron chi connectivity index (χ3n) is 3.93. The molecular formula is C16H33N3O. The Morgan fingerprint density at radius 2 is 1.80 bits per heavy atom. The fourth-order valence-corrected chi connectivity index (χ4v) is 3.37. The van der Waals surface area contributed by atoms with Gasteiger partial charge in [-0.15, -0.1) is 0 Å². The van der Waals surface area contributed by atoms with Crippen LogP contribution in [0, 0.1) is 5.41 Å². The first-order valence-corrected chi connectivity index (χ1v) is 7.88. The Balaban J connectivity index is 2.59. The maximum atomic E-state index is 12.6. The molecule has 0 heterocycles. The van der Waals surface area contributed by atoms with Crippen LogP contribution in [-0.2, 0) is 4.79 Å². The van der Waals surface area contributed by atoms with Gasteiger partial charge >= 0.3 is 0 Å². The van der Waals surface area contributed by atoms with E-state index >= 15 is 0 Å². The number of amides is 1. The van der Waals surface area contributed by atoms with Gasteiger partial charge in [-0.2, -0.15) is 0 Å². The Kier molecular flexibility index (Phi) is 6.02. The van der Waals surface area contributed by atoms with Crippen molar-refractivity contribution in [2.24, 2.45) is 5.41 Å². The smallest absolute Gasteiger partial charge is 0.240 e. The maximum absolute atomic E-state index is 12.6. The van der Waals surface area contributed by atoms with Crippen LogP contribution >= 0.6 is 0 Å². The molecule has 0 spiro atoms. The first kappa shape index (κ1) is 17.4. The topological polar surface area (TPSA) is 44.4 Å². The molecule has 20 heavy (non-hydrogen) atoms. The van der Waals surface area contributed by atoms with Crippen molar-refractivity contribution in [2.75, 3.05) is 27.2 Å². The van der Waals surface area contributed by atoms with Gasteiger partial charge in [-0.3, -0.25) is 4.79 Å². The Labute approximate surface area is 124 Å². The second-order valence-corrected chi connectivity index (χ2v) is 7.67. The van der Waals surface area contributed by atoms with Crippen LogP contribution in [0.4, 0.5) is 0 Å². The molecule has 0 saturated heterocycles. The second kappa shape index (κ2) is 6.90. The Morgan fingerprint density at radius 3 is 2.25 bits per heavy atom. The van der Waals surface area contributed by atoms with E-state index in [9.17, 15) is 4.79 Å². The van der Waals surface area contributed by atoms with Crippen molar-refractivity contribution in [2.45, 2.75) is 65.0 Å². The number of nitrogens with one attached hydrogen (secondary N) is 2. The van der Waals surface area contributed by atoms with Crippen LogP contribution in [0.1, 0.15) is 53.4 Å². The summed E-state index contributed by atoms with van der Waals surface area (Å²) in [4.78, 5) is 14.8. The van der Waals surface area contributed by atoms with Crippen LogP contribution in [0.2, 0.25) is 0 Å². The number of rotatable bonds is 7. The molecule has 0 aromatic heterocycles. The zero-order valence-corrected chi connectivity index (χ0v) is 14.2. The molecule has 1 rings (SSSR count). The van der Waals surface area contributed by atoms with E-state index in [4.69, 9.17) is 0 Å². The van der Waals surface area contributed by atoms with E-state index in [0.29, 0.717) is 6.04 Å². The molecule has 4 nitrogen and oxygen atoms in total. The fraction of sp³-hybridized carbons (Fsp3) is 0.938. The Hall–Kier alpha value is -0.610. The zero-order valence-electron chi connectivity index (χ0n) is 14.2. The average Bonchev–Trinajstić information content (AvgIpc) is 2.73. The van der Waals surface area contributed by atoms with Gasteiger partial charge in [0.1, 0.15) is 0 Å². The molecule has 2 N–H and O–H groups in total. The molecule has 118 valence electrons. The second-order valence-electron chi connectivity index (χ2n) is 7.67. The summed E-state index contributed by atoms with van der Waals surface area (Å²) in [5.74, 6) is 0.190. The lowest BCUT2D eigenvalue weighted by atomic mass is 9.91. The van der Waals surface area contributed by atoms with E-state index in [2.05, 4.69) is 57.3 Å². The summed E-state index contributed by atoms with van der Waals surface area (Å²) in [7, 11) is 4.14. The van der Waals surface area contributed by atoms with Crippen molar-refractivity contribution < 1.29 is 4.79 Å². The number of carbonyl (C=O) groups excluding carboxylic acids is 1. The number of hydrogen-bond donors (Lipinski definition) is 2. The van der Waals surface area contributed by atoms with Crippen molar-refractivity contribution in [3.63, 3.8) is 0 Å². The van der Waals surface area contributed by atoms with Gasteiger partial charge in [-0.25, -0.2) is 0 Å². The molecular weight excluding hydrogens is 250 g/mol. The van der Waals surface area contributed by atoms with Gasteiger partial charge in [-0.05, 0) is 46.2 Å². The lowest BCUT2D eigenvalue weighted by Crippen LogP contribution is -2.58. The van der Waals surface area contributed by atoms with Crippen LogP contribution in [0.25, 0.3) is 0 Å². The lowest BCUT2D eigenvalue weighted by Gasteiger charge is -2.34. The predicted octanol–water partition coefficient (Wildman–Crippen LogP) is 2.00. The van der Waals surface area contributed by atoms with Crippen molar-refractivity contribution in [1.82, 2.24) is 15.5 Å². The van der Waals surface area contributed by atoms with Crippen molar-refractivity contribution in [1.29, 1.82) is 0 Å². The van der Waals surface area contributed by atoms with Crippen LogP contribution in [0.15, 0.2) is 0 Å². The lowest BCUT2D eigenvalue weighted by molar-refractivity contribution is -0.128. The zero-order chi connectivity index (χ0) is 15.4. The Bertz CT molecular complexity index is 318. The SMILES string of the molecule is CC(C)NC1(C(=O)NCC(C)(C)CN(C)C)CCCC1. The molecule has 0 aliphatic heterocycles. The molecule has 0 radical (unpaired) electrons. The molecule has 1 fully saturated rings. The van der Waals surface area contributed by atoms with E-state index in [1.807, 2.05) is 0 Å². The van der Waals surface area contributed by atoms with E-state index in [1.165, 1.54) is 0 Å². The normalized spacial score (nSPS) is 18.8. The largest absolute Gasteiger partial charge is 0.354 e. The number of nitrogens with zero attached hydrogens (tertiary/aromatic N) is 1. The molecule has 0 atom stereocenters. The minimum absolute atomic E-state index is 0.0940. The molecule has 1 saturated carbocycles. The summed E-state index contributed by atoms with van der Waals surface area (Å²) in [6.07, 6.45) is 4.22. The molecule has 4 heteroatoms. The van der Waals surface area contributed by atoms with Gasteiger partial charge in [0.25, 0.3) is 0 Å². The van der Waals surface area contributed by atoms with Crippen molar-refractivity contribution in [3.8, 4) is 0 Å². The summed E-state index contributed by atoms with van der Waals surface area (Å²) < 4.78 is 0. The van der Waals surface area contributed by atoms with Gasteiger partial charge in [-0.1, -0.05) is 26.7 Å². The number of carbonyl (C=O) groups is 1. The predicted molar refractivity (Wildman–Crippen MR) is 84.8 cm³/mol. The third kappa shape index (κ3) is 5.06. The summed E-state index contributed by atoms with van der Waals surface area (Å²) in [5, 5.41) is 6.70. The highest BCUT2D eigenvalue weighted by molar-refractivity contribution is 5.86. The highest BCUT2D eigenvalue weighted by Gasteiger charge is 2.41. The fourth-order valence-electron chi connectivity index (χ4n) is 3.37. The summed E-state index contributed by atoms with van der Waals surface area (Å²) in [6.45, 7) is 10.3. The van der Waals surface area contributed by atoms with Crippen molar-refractivity contribution in [3.05, 3.63) is 0 Å². The molecule has 0 bridgehead atoms. The molecule has 0 aromatic carbocycles. The molecule has 1 amide bonds. The van der Waals surface area contributed by atoms with Crippen LogP contribution in [0.5, 0.6) is 0 Å². The number of hydrogen-bond acceptors (Lipinski definition) is 3. The minimum atomic E-state index is -0.331. The van der Waals surface area contributed by atoms with Crippen LogP contribution in [0.3, 0.4) is 0 Å². The standard InChI is InChI=1S/C16H33N3O/c1-13(2)18-16(9-7-8-10-16)14(20)17-11-15(3,4)12-19(5)6/h13,18H,7-12H2,1-6H3,(H,17,20). The highest BCUT2D eigenvalue weighted by atomic mass is 16.2. The molecule has 1 aliphatic carbocycles. The summed E-state index contributed by atoms with van der Waals surface area (Å²) >= 11 is 0. The minimum Gasteiger partial charge on any atom is -0.354 e. The first-order valence-electron chi connectivity index (χ1n) is 7.88. The van der Waals surface area contributed by atoms with Crippen molar-refractivity contribution >= 4 is 5.91 Å². The molecule has 0 aromatic rings. The molecule has 1 aliphatic rings. The quantitative estimate of drug-likeness (QED) is 0.751. The maximum Gasteiger partial charge on any atom is 0.240 e. The van der Waals surface area contributed by atoms with Gasteiger partial charge in [0, 0.05) is 19.1 Å². The molecule has 0 unspecified atom stereocenters. The highest BCUT2D eigenvalue weighted by Crippen LogP contribution is 2.30. The van der Waals surface area contributed by atoms with Gasteiger partial charge in [0.2, 0.25) is 5.91 Å².